The van der Waals surface area contributed by atoms with Crippen molar-refractivity contribution in [1.82, 2.24) is 14.5 Å². The summed E-state index contributed by atoms with van der Waals surface area (Å²) in [6.07, 6.45) is 1.79. The van der Waals surface area contributed by atoms with Crippen LogP contribution in [0.15, 0.2) is 30.5 Å². The van der Waals surface area contributed by atoms with Crippen molar-refractivity contribution < 1.29 is 0 Å². The molecule has 5 heteroatoms. The first kappa shape index (κ1) is 13.4. The lowest BCUT2D eigenvalue weighted by Crippen LogP contribution is -2.02. The Morgan fingerprint density at radius 2 is 1.95 bits per heavy atom. The van der Waals surface area contributed by atoms with Gasteiger partial charge in [0.15, 0.2) is 5.65 Å². The van der Waals surface area contributed by atoms with Gasteiger partial charge < -0.3 is 0 Å². The van der Waals surface area contributed by atoms with Crippen molar-refractivity contribution in [3.8, 4) is 5.69 Å². The third-order valence-electron chi connectivity index (χ3n) is 3.35. The molecule has 0 amide bonds. The summed E-state index contributed by atoms with van der Waals surface area (Å²) in [5.74, 6) is 1.09. The lowest BCUT2D eigenvalue weighted by molar-refractivity contribution is 0.961. The molecule has 2 aromatic heterocycles. The van der Waals surface area contributed by atoms with Gasteiger partial charge in [-0.2, -0.15) is 0 Å². The standard InChI is InChI=1S/C15H13Cl2N3/c1-9-3-4-11(17)7-12(9)20-13(8-16)19-14-10(2)5-6-18-15(14)20/h3-7H,8H2,1-2H3. The normalized spacial score (nSPS) is 11.2. The molecule has 0 aliphatic carbocycles. The first-order valence-corrected chi connectivity index (χ1v) is 7.18. The average molecular weight is 306 g/mol. The van der Waals surface area contributed by atoms with Crippen LogP contribution >= 0.6 is 23.2 Å². The van der Waals surface area contributed by atoms with Gasteiger partial charge in [-0.3, -0.25) is 4.57 Å². The summed E-state index contributed by atoms with van der Waals surface area (Å²) in [6.45, 7) is 4.05. The van der Waals surface area contributed by atoms with E-state index in [2.05, 4.69) is 9.97 Å². The maximum absolute atomic E-state index is 6.12. The molecule has 0 aliphatic rings. The highest BCUT2D eigenvalue weighted by Crippen LogP contribution is 2.27. The molecule has 20 heavy (non-hydrogen) atoms. The molecule has 1 aromatic carbocycles. The number of aromatic nitrogens is 3. The van der Waals surface area contributed by atoms with Gasteiger partial charge >= 0.3 is 0 Å². The largest absolute Gasteiger partial charge is 0.279 e. The van der Waals surface area contributed by atoms with Crippen molar-refractivity contribution >= 4 is 34.4 Å². The quantitative estimate of drug-likeness (QED) is 0.656. The van der Waals surface area contributed by atoms with Crippen LogP contribution in [-0.4, -0.2) is 14.5 Å². The average Bonchev–Trinajstić information content (AvgIpc) is 2.81. The highest BCUT2D eigenvalue weighted by atomic mass is 35.5. The van der Waals surface area contributed by atoms with E-state index in [1.54, 1.807) is 6.20 Å². The molecule has 3 rings (SSSR count). The second kappa shape index (κ2) is 5.08. The van der Waals surface area contributed by atoms with Crippen molar-refractivity contribution in [2.24, 2.45) is 0 Å². The molecular formula is C15H13Cl2N3. The molecule has 0 N–H and O–H groups in total. The zero-order valence-corrected chi connectivity index (χ0v) is 12.7. The summed E-state index contributed by atoms with van der Waals surface area (Å²) in [5.41, 5.74) is 4.84. The third kappa shape index (κ3) is 2.07. The summed E-state index contributed by atoms with van der Waals surface area (Å²) in [7, 11) is 0. The fraction of sp³-hybridized carbons (Fsp3) is 0.200. The molecule has 3 nitrogen and oxygen atoms in total. The van der Waals surface area contributed by atoms with Crippen molar-refractivity contribution in [3.05, 3.63) is 52.4 Å². The molecule has 0 atom stereocenters. The lowest BCUT2D eigenvalue weighted by atomic mass is 10.2. The molecule has 0 bridgehead atoms. The second-order valence-corrected chi connectivity index (χ2v) is 5.43. The number of fused-ring (bicyclic) bond motifs is 1. The Morgan fingerprint density at radius 3 is 2.70 bits per heavy atom. The minimum Gasteiger partial charge on any atom is -0.279 e. The number of benzene rings is 1. The second-order valence-electron chi connectivity index (χ2n) is 4.73. The van der Waals surface area contributed by atoms with Crippen LogP contribution < -0.4 is 0 Å². The smallest absolute Gasteiger partial charge is 0.164 e. The molecule has 0 radical (unpaired) electrons. The van der Waals surface area contributed by atoms with E-state index in [0.29, 0.717) is 10.9 Å². The predicted molar refractivity (Wildman–Crippen MR) is 82.9 cm³/mol. The highest BCUT2D eigenvalue weighted by molar-refractivity contribution is 6.30. The molecule has 2 heterocycles. The summed E-state index contributed by atoms with van der Waals surface area (Å²) in [6, 6.07) is 7.72. The Kier molecular flexibility index (Phi) is 3.40. The number of aryl methyl sites for hydroxylation is 2. The molecule has 0 unspecified atom stereocenters. The highest BCUT2D eigenvalue weighted by Gasteiger charge is 2.15. The molecule has 102 valence electrons. The fourth-order valence-electron chi connectivity index (χ4n) is 2.31. The number of nitrogens with zero attached hydrogens (tertiary/aromatic N) is 3. The summed E-state index contributed by atoms with van der Waals surface area (Å²) in [4.78, 5) is 9.06. The van der Waals surface area contributed by atoms with Crippen molar-refractivity contribution in [3.63, 3.8) is 0 Å². The van der Waals surface area contributed by atoms with E-state index < -0.39 is 0 Å². The maximum Gasteiger partial charge on any atom is 0.164 e. The Bertz CT molecular complexity index is 793. The van der Waals surface area contributed by atoms with Crippen LogP contribution in [0.3, 0.4) is 0 Å². The van der Waals surface area contributed by atoms with Gasteiger partial charge in [-0.05, 0) is 43.2 Å². The van der Waals surface area contributed by atoms with Gasteiger partial charge in [-0.1, -0.05) is 17.7 Å². The van der Waals surface area contributed by atoms with Crippen LogP contribution in [0.1, 0.15) is 17.0 Å². The summed E-state index contributed by atoms with van der Waals surface area (Å²) < 4.78 is 1.98. The van der Waals surface area contributed by atoms with E-state index in [4.69, 9.17) is 23.2 Å². The first-order valence-electron chi connectivity index (χ1n) is 6.27. The Morgan fingerprint density at radius 1 is 1.15 bits per heavy atom. The first-order chi connectivity index (χ1) is 9.61. The van der Waals surface area contributed by atoms with Gasteiger partial charge in [0.2, 0.25) is 0 Å². The zero-order valence-electron chi connectivity index (χ0n) is 11.2. The van der Waals surface area contributed by atoms with Gasteiger partial charge in [0.1, 0.15) is 11.3 Å². The van der Waals surface area contributed by atoms with E-state index in [-0.39, 0.29) is 0 Å². The topological polar surface area (TPSA) is 30.7 Å². The molecular weight excluding hydrogens is 293 g/mol. The number of imidazole rings is 1. The van der Waals surface area contributed by atoms with E-state index in [0.717, 1.165) is 33.8 Å². The van der Waals surface area contributed by atoms with Crippen LogP contribution in [0, 0.1) is 13.8 Å². The Labute approximate surface area is 127 Å². The summed E-state index contributed by atoms with van der Waals surface area (Å²) in [5, 5.41) is 0.681. The monoisotopic (exact) mass is 305 g/mol. The van der Waals surface area contributed by atoms with E-state index in [9.17, 15) is 0 Å². The number of rotatable bonds is 2. The summed E-state index contributed by atoms with van der Waals surface area (Å²) >= 11 is 12.2. The van der Waals surface area contributed by atoms with Gasteiger partial charge in [0, 0.05) is 11.2 Å². The van der Waals surface area contributed by atoms with Gasteiger partial charge in [-0.15, -0.1) is 11.6 Å². The van der Waals surface area contributed by atoms with Crippen molar-refractivity contribution in [1.29, 1.82) is 0 Å². The number of hydrogen-bond acceptors (Lipinski definition) is 2. The van der Waals surface area contributed by atoms with E-state index in [1.165, 1.54) is 0 Å². The number of pyridine rings is 1. The van der Waals surface area contributed by atoms with Crippen molar-refractivity contribution in [2.45, 2.75) is 19.7 Å². The van der Waals surface area contributed by atoms with Crippen LogP contribution in [0.4, 0.5) is 0 Å². The maximum atomic E-state index is 6.12. The lowest BCUT2D eigenvalue weighted by Gasteiger charge is -2.11. The van der Waals surface area contributed by atoms with Crippen LogP contribution in [0.5, 0.6) is 0 Å². The van der Waals surface area contributed by atoms with Crippen LogP contribution in [0.2, 0.25) is 5.02 Å². The SMILES string of the molecule is Cc1ccc(Cl)cc1-n1c(CCl)nc2c(C)ccnc21. The molecule has 0 aliphatic heterocycles. The Hall–Kier alpha value is -1.58. The molecule has 0 spiro atoms. The van der Waals surface area contributed by atoms with Crippen LogP contribution in [-0.2, 0) is 5.88 Å². The molecule has 0 fully saturated rings. The van der Waals surface area contributed by atoms with Crippen LogP contribution in [0.25, 0.3) is 16.9 Å². The minimum atomic E-state index is 0.321. The van der Waals surface area contributed by atoms with Gasteiger partial charge in [0.25, 0.3) is 0 Å². The minimum absolute atomic E-state index is 0.321. The molecule has 3 aromatic rings. The van der Waals surface area contributed by atoms with E-state index >= 15 is 0 Å². The zero-order chi connectivity index (χ0) is 14.3. The number of hydrogen-bond donors (Lipinski definition) is 0. The third-order valence-corrected chi connectivity index (χ3v) is 3.82. The van der Waals surface area contributed by atoms with Crippen molar-refractivity contribution in [2.75, 3.05) is 0 Å². The van der Waals surface area contributed by atoms with Gasteiger partial charge in [-0.25, -0.2) is 9.97 Å². The number of alkyl halides is 1. The van der Waals surface area contributed by atoms with E-state index in [1.807, 2.05) is 42.7 Å². The molecule has 0 saturated heterocycles. The molecule has 0 saturated carbocycles. The number of halogens is 2. The fourth-order valence-corrected chi connectivity index (χ4v) is 2.65. The van der Waals surface area contributed by atoms with Gasteiger partial charge in [0.05, 0.1) is 11.6 Å². The Balaban J connectivity index is 2.40. The predicted octanol–water partition coefficient (Wildman–Crippen LogP) is 4.43.